The zero-order valence-electron chi connectivity index (χ0n) is 11.2. The normalized spacial score (nSPS) is 14.6. The number of hydrogen-bond acceptors (Lipinski definition) is 2. The molecule has 0 bridgehead atoms. The number of anilines is 1. The van der Waals surface area contributed by atoms with Crippen molar-refractivity contribution >= 4 is 11.5 Å². The third kappa shape index (κ3) is 2.31. The van der Waals surface area contributed by atoms with Crippen molar-refractivity contribution in [2.75, 3.05) is 18.0 Å². The molecule has 1 saturated heterocycles. The van der Waals surface area contributed by atoms with Crippen molar-refractivity contribution in [3.8, 4) is 0 Å². The topological polar surface area (TPSA) is 20.3 Å². The predicted octanol–water partition coefficient (Wildman–Crippen LogP) is 3.66. The summed E-state index contributed by atoms with van der Waals surface area (Å²) >= 11 is 0. The average Bonchev–Trinajstić information content (AvgIpc) is 3.01. The van der Waals surface area contributed by atoms with E-state index in [1.54, 1.807) is 24.3 Å². The summed E-state index contributed by atoms with van der Waals surface area (Å²) < 4.78 is 14.2. The van der Waals surface area contributed by atoms with Crippen LogP contribution in [0.1, 0.15) is 28.8 Å². The monoisotopic (exact) mass is 269 g/mol. The van der Waals surface area contributed by atoms with Gasteiger partial charge in [-0.2, -0.15) is 0 Å². The molecule has 0 unspecified atom stereocenters. The lowest BCUT2D eigenvalue weighted by molar-refractivity contribution is 0.103. The van der Waals surface area contributed by atoms with E-state index in [1.807, 2.05) is 23.1 Å². The quantitative estimate of drug-likeness (QED) is 0.793. The summed E-state index contributed by atoms with van der Waals surface area (Å²) in [6.45, 7) is 1.63. The molecule has 2 aromatic rings. The van der Waals surface area contributed by atoms with Crippen LogP contribution in [-0.4, -0.2) is 18.9 Å². The molecule has 0 spiro atoms. The summed E-state index contributed by atoms with van der Waals surface area (Å²) in [7, 11) is 0. The van der Waals surface area contributed by atoms with Gasteiger partial charge in [0.25, 0.3) is 0 Å². The van der Waals surface area contributed by atoms with E-state index in [1.165, 1.54) is 6.07 Å². The van der Waals surface area contributed by atoms with E-state index in [-0.39, 0.29) is 11.6 Å². The number of carbonyl (C=O) groups excluding carboxylic acids is 1. The Bertz CT molecular complexity index is 618. The summed E-state index contributed by atoms with van der Waals surface area (Å²) in [6.07, 6.45) is 2.10. The number of benzene rings is 2. The molecule has 3 heteroatoms. The van der Waals surface area contributed by atoms with Crippen LogP contribution < -0.4 is 4.90 Å². The Labute approximate surface area is 117 Å². The lowest BCUT2D eigenvalue weighted by Crippen LogP contribution is -2.22. The summed E-state index contributed by atoms with van der Waals surface area (Å²) in [5.74, 6) is -0.430. The summed E-state index contributed by atoms with van der Waals surface area (Å²) in [4.78, 5) is 14.6. The highest BCUT2D eigenvalue weighted by atomic mass is 19.1. The van der Waals surface area contributed by atoms with Crippen molar-refractivity contribution in [2.45, 2.75) is 12.8 Å². The molecule has 0 N–H and O–H groups in total. The number of para-hydroxylation sites is 1. The van der Waals surface area contributed by atoms with Crippen molar-refractivity contribution in [3.63, 3.8) is 0 Å². The number of nitrogens with zero attached hydrogens (tertiary/aromatic N) is 1. The fraction of sp³-hybridized carbons (Fsp3) is 0.235. The van der Waals surface area contributed by atoms with Gasteiger partial charge in [-0.25, -0.2) is 4.39 Å². The largest absolute Gasteiger partial charge is 0.369 e. The third-order valence-corrected chi connectivity index (χ3v) is 3.69. The van der Waals surface area contributed by atoms with Crippen LogP contribution in [0.25, 0.3) is 0 Å². The Morgan fingerprint density at radius 2 is 1.65 bits per heavy atom. The molecule has 1 heterocycles. The maximum absolute atomic E-state index is 14.2. The zero-order chi connectivity index (χ0) is 13.9. The molecule has 1 aliphatic heterocycles. The molecule has 102 valence electrons. The van der Waals surface area contributed by atoms with Crippen LogP contribution >= 0.6 is 0 Å². The van der Waals surface area contributed by atoms with E-state index in [0.717, 1.165) is 25.9 Å². The van der Waals surface area contributed by atoms with E-state index in [9.17, 15) is 9.18 Å². The minimum absolute atomic E-state index is 0.119. The van der Waals surface area contributed by atoms with E-state index < -0.39 is 0 Å². The third-order valence-electron chi connectivity index (χ3n) is 3.69. The SMILES string of the molecule is O=C(c1ccccc1)c1cccc(F)c1N1CCCC1. The van der Waals surface area contributed by atoms with Crippen LogP contribution in [0.5, 0.6) is 0 Å². The van der Waals surface area contributed by atoms with Gasteiger partial charge in [-0.05, 0) is 25.0 Å². The van der Waals surface area contributed by atoms with Gasteiger partial charge in [0.2, 0.25) is 0 Å². The Morgan fingerprint density at radius 1 is 0.950 bits per heavy atom. The number of halogens is 1. The second-order valence-electron chi connectivity index (χ2n) is 5.03. The first-order chi connectivity index (χ1) is 9.77. The maximum atomic E-state index is 14.2. The van der Waals surface area contributed by atoms with Crippen molar-refractivity contribution in [2.24, 2.45) is 0 Å². The van der Waals surface area contributed by atoms with Gasteiger partial charge < -0.3 is 4.90 Å². The van der Waals surface area contributed by atoms with Gasteiger partial charge in [-0.15, -0.1) is 0 Å². The first kappa shape index (κ1) is 12.9. The van der Waals surface area contributed by atoms with Crippen LogP contribution in [-0.2, 0) is 0 Å². The molecule has 0 amide bonds. The van der Waals surface area contributed by atoms with Crippen molar-refractivity contribution < 1.29 is 9.18 Å². The van der Waals surface area contributed by atoms with Crippen LogP contribution in [0.3, 0.4) is 0 Å². The maximum Gasteiger partial charge on any atom is 0.195 e. The summed E-state index contributed by atoms with van der Waals surface area (Å²) in [5, 5.41) is 0. The van der Waals surface area contributed by atoms with Gasteiger partial charge in [-0.3, -0.25) is 4.79 Å². The minimum Gasteiger partial charge on any atom is -0.369 e. The molecule has 2 aromatic carbocycles. The highest BCUT2D eigenvalue weighted by Gasteiger charge is 2.23. The van der Waals surface area contributed by atoms with Gasteiger partial charge in [-0.1, -0.05) is 36.4 Å². The Hall–Kier alpha value is -2.16. The van der Waals surface area contributed by atoms with Crippen LogP contribution in [0.4, 0.5) is 10.1 Å². The number of ketones is 1. The second-order valence-corrected chi connectivity index (χ2v) is 5.03. The Morgan fingerprint density at radius 3 is 2.35 bits per heavy atom. The first-order valence-electron chi connectivity index (χ1n) is 6.90. The second kappa shape index (κ2) is 5.45. The molecule has 0 aliphatic carbocycles. The molecular formula is C17H16FNO. The van der Waals surface area contributed by atoms with Crippen molar-refractivity contribution in [1.82, 2.24) is 0 Å². The van der Waals surface area contributed by atoms with Gasteiger partial charge >= 0.3 is 0 Å². The number of carbonyl (C=O) groups is 1. The molecule has 0 saturated carbocycles. The molecule has 0 radical (unpaired) electrons. The van der Waals surface area contributed by atoms with Crippen LogP contribution in [0, 0.1) is 5.82 Å². The van der Waals surface area contributed by atoms with Crippen LogP contribution in [0.2, 0.25) is 0 Å². The molecule has 1 fully saturated rings. The molecule has 3 rings (SSSR count). The highest BCUT2D eigenvalue weighted by molar-refractivity contribution is 6.12. The Kier molecular flexibility index (Phi) is 3.50. The zero-order valence-corrected chi connectivity index (χ0v) is 11.2. The lowest BCUT2D eigenvalue weighted by atomic mass is 10.0. The standard InChI is InChI=1S/C17H16FNO/c18-15-10-6-9-14(16(15)19-11-4-5-12-19)17(20)13-7-2-1-3-8-13/h1-3,6-10H,4-5,11-12H2. The molecule has 1 aliphatic rings. The first-order valence-corrected chi connectivity index (χ1v) is 6.90. The van der Waals surface area contributed by atoms with Crippen molar-refractivity contribution in [1.29, 1.82) is 0 Å². The van der Waals surface area contributed by atoms with Crippen LogP contribution in [0.15, 0.2) is 48.5 Å². The van der Waals surface area contributed by atoms with E-state index in [0.29, 0.717) is 16.8 Å². The molecule has 0 atom stereocenters. The van der Waals surface area contributed by atoms with Gasteiger partial charge in [0.15, 0.2) is 5.78 Å². The predicted molar refractivity (Wildman–Crippen MR) is 77.7 cm³/mol. The smallest absolute Gasteiger partial charge is 0.195 e. The Balaban J connectivity index is 2.05. The van der Waals surface area contributed by atoms with Gasteiger partial charge in [0, 0.05) is 24.2 Å². The van der Waals surface area contributed by atoms with E-state index in [2.05, 4.69) is 0 Å². The van der Waals surface area contributed by atoms with Gasteiger partial charge in [0.05, 0.1) is 5.69 Å². The molecular weight excluding hydrogens is 253 g/mol. The fourth-order valence-electron chi connectivity index (χ4n) is 2.71. The van der Waals surface area contributed by atoms with Crippen molar-refractivity contribution in [3.05, 3.63) is 65.5 Å². The van der Waals surface area contributed by atoms with Gasteiger partial charge in [0.1, 0.15) is 5.82 Å². The lowest BCUT2D eigenvalue weighted by Gasteiger charge is -2.21. The van der Waals surface area contributed by atoms with E-state index in [4.69, 9.17) is 0 Å². The average molecular weight is 269 g/mol. The van der Waals surface area contributed by atoms with E-state index >= 15 is 0 Å². The molecule has 2 nitrogen and oxygen atoms in total. The summed E-state index contributed by atoms with van der Waals surface area (Å²) in [5.41, 5.74) is 1.51. The number of rotatable bonds is 3. The molecule has 20 heavy (non-hydrogen) atoms. The molecule has 0 aromatic heterocycles. The summed E-state index contributed by atoms with van der Waals surface area (Å²) in [6, 6.07) is 13.8. The minimum atomic E-state index is -0.311. The highest BCUT2D eigenvalue weighted by Crippen LogP contribution is 2.29. The fourth-order valence-corrected chi connectivity index (χ4v) is 2.71. The number of hydrogen-bond donors (Lipinski definition) is 0.